The van der Waals surface area contributed by atoms with Crippen LogP contribution in [0.25, 0.3) is 0 Å². The summed E-state index contributed by atoms with van der Waals surface area (Å²) in [5.74, 6) is 2.07. The van der Waals surface area contributed by atoms with Crippen LogP contribution in [0, 0.1) is 19.3 Å². The molecule has 2 N–H and O–H groups in total. The lowest BCUT2D eigenvalue weighted by atomic mass is 9.94. The van der Waals surface area contributed by atoms with E-state index in [4.69, 9.17) is 6.42 Å². The molecule has 0 saturated heterocycles. The summed E-state index contributed by atoms with van der Waals surface area (Å²) in [5, 5.41) is 5.40. The van der Waals surface area contributed by atoms with E-state index < -0.39 is 5.54 Å². The van der Waals surface area contributed by atoms with Crippen molar-refractivity contribution in [3.05, 3.63) is 35.4 Å². The van der Waals surface area contributed by atoms with E-state index in [2.05, 4.69) is 16.6 Å². The number of benzene rings is 1. The van der Waals surface area contributed by atoms with Crippen LogP contribution in [0.2, 0.25) is 0 Å². The lowest BCUT2D eigenvalue weighted by molar-refractivity contribution is -0.121. The summed E-state index contributed by atoms with van der Waals surface area (Å²) >= 11 is 0. The molecule has 0 aliphatic heterocycles. The first kappa shape index (κ1) is 16.8. The zero-order chi connectivity index (χ0) is 15.9. The molecule has 1 aromatic carbocycles. The molecule has 1 aromatic rings. The van der Waals surface area contributed by atoms with Crippen LogP contribution in [-0.4, -0.2) is 23.9 Å². The molecular formula is C17H22N2O2. The predicted molar refractivity (Wildman–Crippen MR) is 83.8 cm³/mol. The Bertz CT molecular complexity index is 537. The van der Waals surface area contributed by atoms with Crippen LogP contribution in [-0.2, 0) is 4.79 Å². The summed E-state index contributed by atoms with van der Waals surface area (Å²) < 4.78 is 0. The van der Waals surface area contributed by atoms with E-state index in [1.165, 1.54) is 0 Å². The number of hydrogen-bond donors (Lipinski definition) is 2. The summed E-state index contributed by atoms with van der Waals surface area (Å²) in [5.41, 5.74) is 0.975. The van der Waals surface area contributed by atoms with Crippen LogP contribution in [0.15, 0.2) is 24.3 Å². The maximum absolute atomic E-state index is 11.9. The smallest absolute Gasteiger partial charge is 0.251 e. The lowest BCUT2D eigenvalue weighted by Gasteiger charge is -2.27. The van der Waals surface area contributed by atoms with Crippen molar-refractivity contribution in [1.29, 1.82) is 0 Å². The molecule has 4 heteroatoms. The van der Waals surface area contributed by atoms with Gasteiger partial charge in [0.15, 0.2) is 0 Å². The first-order valence-corrected chi connectivity index (χ1v) is 7.10. The maximum atomic E-state index is 11.9. The van der Waals surface area contributed by atoms with Crippen molar-refractivity contribution in [2.45, 2.75) is 39.2 Å². The second-order valence-electron chi connectivity index (χ2n) is 5.03. The van der Waals surface area contributed by atoms with E-state index in [1.807, 2.05) is 32.9 Å². The molecule has 112 valence electrons. The number of carbonyl (C=O) groups excluding carboxylic acids is 2. The minimum atomic E-state index is -0.633. The molecule has 21 heavy (non-hydrogen) atoms. The first-order chi connectivity index (χ1) is 9.96. The molecule has 0 aliphatic rings. The number of amides is 2. The summed E-state index contributed by atoms with van der Waals surface area (Å²) in [6, 6.07) is 7.16. The van der Waals surface area contributed by atoms with Gasteiger partial charge in [0.25, 0.3) is 5.91 Å². The molecule has 0 fully saturated rings. The SMILES string of the molecule is C#CC(CC)(CC)NC(=O)CNC(=O)c1ccc(C)cc1. The maximum Gasteiger partial charge on any atom is 0.251 e. The molecule has 0 unspecified atom stereocenters. The highest BCUT2D eigenvalue weighted by Gasteiger charge is 2.25. The minimum absolute atomic E-state index is 0.0872. The zero-order valence-corrected chi connectivity index (χ0v) is 12.8. The summed E-state index contributed by atoms with van der Waals surface area (Å²) in [6.07, 6.45) is 6.79. The molecule has 0 bridgehead atoms. The number of nitrogens with one attached hydrogen (secondary N) is 2. The van der Waals surface area contributed by atoms with Gasteiger partial charge in [0, 0.05) is 5.56 Å². The molecule has 0 radical (unpaired) electrons. The van der Waals surface area contributed by atoms with Gasteiger partial charge in [0.2, 0.25) is 5.91 Å². The third-order valence-electron chi connectivity index (χ3n) is 3.59. The molecule has 0 atom stereocenters. The Hall–Kier alpha value is -2.28. The molecular weight excluding hydrogens is 264 g/mol. The average Bonchev–Trinajstić information content (AvgIpc) is 2.51. The van der Waals surface area contributed by atoms with Gasteiger partial charge in [0.1, 0.15) is 5.54 Å². The van der Waals surface area contributed by atoms with Gasteiger partial charge in [-0.05, 0) is 31.9 Å². The largest absolute Gasteiger partial charge is 0.343 e. The van der Waals surface area contributed by atoms with Gasteiger partial charge in [-0.25, -0.2) is 0 Å². The van der Waals surface area contributed by atoms with Crippen molar-refractivity contribution in [2.75, 3.05) is 6.54 Å². The van der Waals surface area contributed by atoms with Crippen molar-refractivity contribution in [2.24, 2.45) is 0 Å². The van der Waals surface area contributed by atoms with Gasteiger partial charge in [-0.2, -0.15) is 0 Å². The van der Waals surface area contributed by atoms with Crippen molar-refractivity contribution >= 4 is 11.8 Å². The summed E-state index contributed by atoms with van der Waals surface area (Å²) in [6.45, 7) is 5.71. The van der Waals surface area contributed by atoms with Crippen LogP contribution >= 0.6 is 0 Å². The average molecular weight is 286 g/mol. The van der Waals surface area contributed by atoms with E-state index in [0.29, 0.717) is 18.4 Å². The van der Waals surface area contributed by atoms with Crippen LogP contribution in [0.4, 0.5) is 0 Å². The number of hydrogen-bond acceptors (Lipinski definition) is 2. The van der Waals surface area contributed by atoms with E-state index in [0.717, 1.165) is 5.56 Å². The molecule has 1 rings (SSSR count). The van der Waals surface area contributed by atoms with Crippen molar-refractivity contribution in [1.82, 2.24) is 10.6 Å². The monoisotopic (exact) mass is 286 g/mol. The van der Waals surface area contributed by atoms with Crippen molar-refractivity contribution < 1.29 is 9.59 Å². The molecule has 0 aliphatic carbocycles. The van der Waals surface area contributed by atoms with E-state index >= 15 is 0 Å². The van der Waals surface area contributed by atoms with Crippen LogP contribution in [0.3, 0.4) is 0 Å². The Morgan fingerprint density at radius 2 is 1.76 bits per heavy atom. The van der Waals surface area contributed by atoms with E-state index in [9.17, 15) is 9.59 Å². The Labute approximate surface area is 126 Å². The lowest BCUT2D eigenvalue weighted by Crippen LogP contribution is -2.50. The van der Waals surface area contributed by atoms with Gasteiger partial charge in [-0.1, -0.05) is 37.5 Å². The third-order valence-corrected chi connectivity index (χ3v) is 3.59. The highest BCUT2D eigenvalue weighted by Crippen LogP contribution is 2.13. The standard InChI is InChI=1S/C17H22N2O2/c1-5-17(6-2,7-3)19-15(20)12-18-16(21)14-10-8-13(4)9-11-14/h1,8-11H,6-7,12H2,2-4H3,(H,18,21)(H,19,20). The number of rotatable bonds is 6. The van der Waals surface area contributed by atoms with Gasteiger partial charge in [0.05, 0.1) is 6.54 Å². The van der Waals surface area contributed by atoms with Gasteiger partial charge >= 0.3 is 0 Å². The Balaban J connectivity index is 2.55. The number of carbonyl (C=O) groups is 2. The molecule has 2 amide bonds. The third kappa shape index (κ3) is 4.64. The first-order valence-electron chi connectivity index (χ1n) is 7.10. The highest BCUT2D eigenvalue weighted by molar-refractivity contribution is 5.96. The quantitative estimate of drug-likeness (QED) is 0.786. The molecule has 0 saturated carbocycles. The zero-order valence-electron chi connectivity index (χ0n) is 12.8. The van der Waals surface area contributed by atoms with Crippen molar-refractivity contribution in [3.63, 3.8) is 0 Å². The van der Waals surface area contributed by atoms with Crippen molar-refractivity contribution in [3.8, 4) is 12.3 Å². The van der Waals surface area contributed by atoms with Crippen LogP contribution in [0.5, 0.6) is 0 Å². The second-order valence-corrected chi connectivity index (χ2v) is 5.03. The van der Waals surface area contributed by atoms with Gasteiger partial charge in [-0.3, -0.25) is 9.59 Å². The Morgan fingerprint density at radius 3 is 2.24 bits per heavy atom. The Morgan fingerprint density at radius 1 is 1.19 bits per heavy atom. The number of terminal acetylenes is 1. The van der Waals surface area contributed by atoms with Gasteiger partial charge in [-0.15, -0.1) is 6.42 Å². The Kier molecular flexibility index (Phi) is 5.98. The number of aryl methyl sites for hydroxylation is 1. The second kappa shape index (κ2) is 7.49. The molecule has 0 spiro atoms. The fourth-order valence-electron chi connectivity index (χ4n) is 1.95. The summed E-state index contributed by atoms with van der Waals surface area (Å²) in [7, 11) is 0. The summed E-state index contributed by atoms with van der Waals surface area (Å²) in [4.78, 5) is 23.8. The van der Waals surface area contributed by atoms with Gasteiger partial charge < -0.3 is 10.6 Å². The molecule has 0 heterocycles. The normalized spacial score (nSPS) is 10.6. The predicted octanol–water partition coefficient (Wildman–Crippen LogP) is 2.03. The molecule has 4 nitrogen and oxygen atoms in total. The van der Waals surface area contributed by atoms with Crippen LogP contribution in [0.1, 0.15) is 42.6 Å². The minimum Gasteiger partial charge on any atom is -0.343 e. The molecule has 0 aromatic heterocycles. The van der Waals surface area contributed by atoms with E-state index in [-0.39, 0.29) is 18.4 Å². The fraction of sp³-hybridized carbons (Fsp3) is 0.412. The van der Waals surface area contributed by atoms with Crippen LogP contribution < -0.4 is 10.6 Å². The topological polar surface area (TPSA) is 58.2 Å². The fourth-order valence-corrected chi connectivity index (χ4v) is 1.95. The van der Waals surface area contributed by atoms with E-state index in [1.54, 1.807) is 12.1 Å². The highest BCUT2D eigenvalue weighted by atomic mass is 16.2.